The van der Waals surface area contributed by atoms with Crippen molar-refractivity contribution in [3.05, 3.63) is 36.4 Å². The Labute approximate surface area is 291 Å². The molecule has 2 aliphatic rings. The van der Waals surface area contributed by atoms with E-state index < -0.39 is 12.1 Å². The largest absolute Gasteiger partial charge is 0.453 e. The third kappa shape index (κ3) is 7.84. The van der Waals surface area contributed by atoms with Crippen LogP contribution < -0.4 is 5.32 Å². The van der Waals surface area contributed by atoms with E-state index in [1.54, 1.807) is 42.8 Å². The number of carbonyl (C=O) groups excluding carboxylic acids is 3. The van der Waals surface area contributed by atoms with Crippen LogP contribution in [0.4, 0.5) is 4.79 Å². The van der Waals surface area contributed by atoms with Crippen LogP contribution in [0.1, 0.15) is 68.7 Å². The van der Waals surface area contributed by atoms with Crippen molar-refractivity contribution < 1.29 is 28.6 Å². The molecule has 6 rings (SSSR count). The Morgan fingerprint density at radius 3 is 1.98 bits per heavy atom. The Morgan fingerprint density at radius 1 is 0.837 bits per heavy atom. The number of imidazole rings is 2. The van der Waals surface area contributed by atoms with Crippen LogP contribution in [0.15, 0.2) is 24.8 Å². The van der Waals surface area contributed by atoms with Crippen LogP contribution in [0.3, 0.4) is 0 Å². The number of hydrogen-bond donors (Lipinski definition) is 3. The van der Waals surface area contributed by atoms with Crippen molar-refractivity contribution in [2.75, 3.05) is 47.6 Å². The second-order valence-corrected chi connectivity index (χ2v) is 14.0. The molecule has 0 aromatic carbocycles. The zero-order chi connectivity index (χ0) is 34.3. The average Bonchev–Trinajstić information content (AvgIpc) is 3.94. The predicted molar refractivity (Wildman–Crippen MR) is 183 cm³/mol. The van der Waals surface area contributed by atoms with E-state index in [0.717, 1.165) is 69.2 Å². The van der Waals surface area contributed by atoms with Gasteiger partial charge in [0.2, 0.25) is 11.8 Å². The maximum atomic E-state index is 13.5. The fourth-order valence-corrected chi connectivity index (χ4v) is 8.15. The molecule has 3 amide bonds. The van der Waals surface area contributed by atoms with Gasteiger partial charge < -0.3 is 39.3 Å². The summed E-state index contributed by atoms with van der Waals surface area (Å²) >= 11 is 3.07. The molecule has 0 radical (unpaired) electrons. The number of aromatic amines is 2. The lowest BCUT2D eigenvalue weighted by atomic mass is 10.1. The number of ether oxygens (including phenoxy) is 3. The highest BCUT2D eigenvalue weighted by atomic mass is 32.1. The Balaban J connectivity index is 1.11. The van der Waals surface area contributed by atoms with Gasteiger partial charge in [0.05, 0.1) is 52.7 Å². The van der Waals surface area contributed by atoms with Gasteiger partial charge in [-0.15, -0.1) is 22.7 Å². The molecule has 0 saturated carbocycles. The predicted octanol–water partition coefficient (Wildman–Crippen LogP) is 4.56. The minimum atomic E-state index is -0.764. The topological polar surface area (TPSA) is 181 Å². The molecule has 2 fully saturated rings. The van der Waals surface area contributed by atoms with Crippen molar-refractivity contribution in [2.45, 2.75) is 63.1 Å². The SMILES string of the molecule is COCCCC(=O)N1CCC[C@H]1c1ncc(-c2ncc(-c3cnc(-c4cnc([C@@H]5CCCN5C(=O)[C@H](CCOC)NC(=O)OC)[nH]4)s3)s2)[nH]1. The third-order valence-corrected chi connectivity index (χ3v) is 11.0. The van der Waals surface area contributed by atoms with E-state index >= 15 is 0 Å². The van der Waals surface area contributed by atoms with Gasteiger partial charge in [0.15, 0.2) is 0 Å². The molecule has 0 unspecified atom stereocenters. The Hall–Kier alpha value is -4.19. The Kier molecular flexibility index (Phi) is 11.3. The highest BCUT2D eigenvalue weighted by Gasteiger charge is 2.36. The molecule has 4 aromatic heterocycles. The van der Waals surface area contributed by atoms with Crippen molar-refractivity contribution in [1.29, 1.82) is 0 Å². The molecule has 49 heavy (non-hydrogen) atoms. The second-order valence-electron chi connectivity index (χ2n) is 11.9. The quantitative estimate of drug-likeness (QED) is 0.157. The first-order chi connectivity index (χ1) is 23.9. The third-order valence-electron chi connectivity index (χ3n) is 8.77. The summed E-state index contributed by atoms with van der Waals surface area (Å²) in [5, 5.41) is 4.21. The number of rotatable bonds is 14. The molecule has 262 valence electrons. The summed E-state index contributed by atoms with van der Waals surface area (Å²) in [6.07, 6.45) is 11.4. The number of aromatic nitrogens is 6. The number of nitrogens with one attached hydrogen (secondary N) is 3. The maximum absolute atomic E-state index is 13.5. The van der Waals surface area contributed by atoms with Gasteiger partial charge in [-0.2, -0.15) is 0 Å². The lowest BCUT2D eigenvalue weighted by Gasteiger charge is -2.28. The van der Waals surface area contributed by atoms with Crippen molar-refractivity contribution in [3.8, 4) is 31.2 Å². The van der Waals surface area contributed by atoms with Gasteiger partial charge in [0.1, 0.15) is 27.7 Å². The number of alkyl carbamates (subject to hydrolysis) is 1. The van der Waals surface area contributed by atoms with E-state index in [1.807, 2.05) is 17.3 Å². The first kappa shape index (κ1) is 34.7. The van der Waals surface area contributed by atoms with Crippen LogP contribution in [-0.2, 0) is 23.8 Å². The van der Waals surface area contributed by atoms with Crippen molar-refractivity contribution >= 4 is 40.6 Å². The summed E-state index contributed by atoms with van der Waals surface area (Å²) in [7, 11) is 4.47. The number of H-pyrrole nitrogens is 2. The monoisotopic (exact) mass is 711 g/mol. The molecule has 3 N–H and O–H groups in total. The molecule has 0 bridgehead atoms. The van der Waals surface area contributed by atoms with Crippen LogP contribution in [-0.4, -0.2) is 111 Å². The van der Waals surface area contributed by atoms with Gasteiger partial charge in [-0.3, -0.25) is 9.59 Å². The molecular formula is C32H41N9O6S2. The minimum absolute atomic E-state index is 0.0605. The first-order valence-electron chi connectivity index (χ1n) is 16.3. The van der Waals surface area contributed by atoms with E-state index in [0.29, 0.717) is 44.8 Å². The van der Waals surface area contributed by atoms with Crippen molar-refractivity contribution in [2.24, 2.45) is 0 Å². The maximum Gasteiger partial charge on any atom is 0.407 e. The second kappa shape index (κ2) is 16.0. The normalized spacial score (nSPS) is 18.3. The van der Waals surface area contributed by atoms with Gasteiger partial charge in [0, 0.05) is 65.8 Å². The molecular weight excluding hydrogens is 671 g/mol. The number of methoxy groups -OCH3 is 3. The Bertz CT molecular complexity index is 1730. The van der Waals surface area contributed by atoms with Crippen LogP contribution in [0, 0.1) is 0 Å². The molecule has 4 aromatic rings. The van der Waals surface area contributed by atoms with E-state index in [4.69, 9.17) is 14.2 Å². The van der Waals surface area contributed by atoms with Gasteiger partial charge >= 0.3 is 6.09 Å². The highest BCUT2D eigenvalue weighted by molar-refractivity contribution is 7.24. The minimum Gasteiger partial charge on any atom is -0.453 e. The van der Waals surface area contributed by atoms with E-state index in [-0.39, 0.29) is 23.9 Å². The summed E-state index contributed by atoms with van der Waals surface area (Å²) in [4.78, 5) is 69.3. The van der Waals surface area contributed by atoms with Gasteiger partial charge in [-0.05, 0) is 32.1 Å². The molecule has 2 aliphatic heterocycles. The van der Waals surface area contributed by atoms with Gasteiger partial charge in [-0.25, -0.2) is 24.7 Å². The van der Waals surface area contributed by atoms with Crippen LogP contribution >= 0.6 is 22.7 Å². The number of hydrogen-bond acceptors (Lipinski definition) is 12. The standard InChI is InChI=1S/C32H41N9O6S2/c1-45-13-6-9-26(42)40-11-4-7-22(40)27-33-15-20(37-27)29-35-17-24(48-29)25-18-36-30(49-25)21-16-34-28(38-21)23-8-5-12-41(23)31(43)19(10-14-46-2)39-32(44)47-3/h15-19,22-23H,4-14H2,1-3H3,(H,33,37)(H,34,38)(H,39,44)/t19-,22-,23-/m0/s1. The molecule has 0 spiro atoms. The van der Waals surface area contributed by atoms with Crippen LogP contribution in [0.5, 0.6) is 0 Å². The van der Waals surface area contributed by atoms with Crippen molar-refractivity contribution in [1.82, 2.24) is 45.0 Å². The average molecular weight is 712 g/mol. The van der Waals surface area contributed by atoms with E-state index in [1.165, 1.54) is 18.4 Å². The smallest absolute Gasteiger partial charge is 0.407 e. The zero-order valence-electron chi connectivity index (χ0n) is 27.8. The van der Waals surface area contributed by atoms with Crippen molar-refractivity contribution in [3.63, 3.8) is 0 Å². The van der Waals surface area contributed by atoms with Crippen LogP contribution in [0.25, 0.3) is 31.2 Å². The summed E-state index contributed by atoms with van der Waals surface area (Å²) < 4.78 is 15.0. The fourth-order valence-electron chi connectivity index (χ4n) is 6.32. The first-order valence-corrected chi connectivity index (χ1v) is 18.0. The summed E-state index contributed by atoms with van der Waals surface area (Å²) in [5.41, 5.74) is 1.57. The van der Waals surface area contributed by atoms with E-state index in [9.17, 15) is 14.4 Å². The Morgan fingerprint density at radius 2 is 1.41 bits per heavy atom. The van der Waals surface area contributed by atoms with Gasteiger partial charge in [0.25, 0.3) is 0 Å². The number of likely N-dealkylation sites (tertiary alicyclic amines) is 2. The number of amides is 3. The number of thiazole rings is 2. The highest BCUT2D eigenvalue weighted by Crippen LogP contribution is 2.39. The fraction of sp³-hybridized carbons (Fsp3) is 0.531. The summed E-state index contributed by atoms with van der Waals surface area (Å²) in [6, 6.07) is -1.08. The number of nitrogens with zero attached hydrogens (tertiary/aromatic N) is 6. The van der Waals surface area contributed by atoms with E-state index in [2.05, 4.69) is 35.2 Å². The number of carbonyl (C=O) groups is 3. The zero-order valence-corrected chi connectivity index (χ0v) is 29.4. The lowest BCUT2D eigenvalue weighted by Crippen LogP contribution is -2.49. The molecule has 15 nitrogen and oxygen atoms in total. The molecule has 17 heteroatoms. The van der Waals surface area contributed by atoms with Gasteiger partial charge in [-0.1, -0.05) is 0 Å². The molecule has 2 saturated heterocycles. The molecule has 6 heterocycles. The summed E-state index contributed by atoms with van der Waals surface area (Å²) in [6.45, 7) is 2.19. The lowest BCUT2D eigenvalue weighted by molar-refractivity contribution is -0.135. The summed E-state index contributed by atoms with van der Waals surface area (Å²) in [5.74, 6) is 1.39. The molecule has 0 aliphatic carbocycles. The molecule has 3 atom stereocenters. The van der Waals surface area contributed by atoms with Crippen LogP contribution in [0.2, 0.25) is 0 Å².